The molecule has 1 aromatic rings. The predicted molar refractivity (Wildman–Crippen MR) is 73.5 cm³/mol. The molecule has 1 saturated heterocycles. The first-order valence-corrected chi connectivity index (χ1v) is 7.15. The number of aromatic nitrogens is 1. The molecular formula is C15H24N2O. The Kier molecular flexibility index (Phi) is 5.62. The van der Waals surface area contributed by atoms with Crippen molar-refractivity contribution in [2.75, 3.05) is 13.2 Å². The molecule has 2 rings (SSSR count). The second-order valence-electron chi connectivity index (χ2n) is 4.96. The zero-order valence-corrected chi connectivity index (χ0v) is 11.3. The van der Waals surface area contributed by atoms with E-state index in [4.69, 9.17) is 4.74 Å². The number of nitrogens with one attached hydrogen (secondary N) is 1. The van der Waals surface area contributed by atoms with Crippen LogP contribution in [0.4, 0.5) is 0 Å². The molecule has 1 N–H and O–H groups in total. The van der Waals surface area contributed by atoms with Crippen molar-refractivity contribution in [3.05, 3.63) is 30.1 Å². The molecule has 2 heterocycles. The molecule has 1 fully saturated rings. The minimum absolute atomic E-state index is 0.411. The molecule has 18 heavy (non-hydrogen) atoms. The Morgan fingerprint density at radius 3 is 3.11 bits per heavy atom. The van der Waals surface area contributed by atoms with Crippen LogP contribution in [0.5, 0.6) is 0 Å². The Labute approximate surface area is 110 Å². The number of rotatable bonds is 6. The van der Waals surface area contributed by atoms with Gasteiger partial charge in [0.15, 0.2) is 0 Å². The first kappa shape index (κ1) is 13.5. The van der Waals surface area contributed by atoms with E-state index in [-0.39, 0.29) is 0 Å². The van der Waals surface area contributed by atoms with Crippen molar-refractivity contribution in [3.63, 3.8) is 0 Å². The van der Waals surface area contributed by atoms with Crippen molar-refractivity contribution >= 4 is 0 Å². The van der Waals surface area contributed by atoms with Gasteiger partial charge in [-0.05, 0) is 50.3 Å². The van der Waals surface area contributed by atoms with Gasteiger partial charge in [-0.2, -0.15) is 0 Å². The van der Waals surface area contributed by atoms with Crippen molar-refractivity contribution in [1.29, 1.82) is 0 Å². The van der Waals surface area contributed by atoms with Crippen molar-refractivity contribution in [3.8, 4) is 0 Å². The minimum Gasteiger partial charge on any atom is -0.378 e. The molecule has 3 nitrogen and oxygen atoms in total. The molecule has 0 spiro atoms. The van der Waals surface area contributed by atoms with Gasteiger partial charge in [0, 0.05) is 25.0 Å². The normalized spacial score (nSPS) is 21.7. The van der Waals surface area contributed by atoms with E-state index >= 15 is 0 Å². The Hall–Kier alpha value is -0.930. The van der Waals surface area contributed by atoms with Crippen LogP contribution in [0, 0.1) is 0 Å². The number of nitrogens with zero attached hydrogens (tertiary/aromatic N) is 1. The van der Waals surface area contributed by atoms with Crippen molar-refractivity contribution in [1.82, 2.24) is 10.3 Å². The maximum Gasteiger partial charge on any atom is 0.0575 e. The third kappa shape index (κ3) is 4.07. The van der Waals surface area contributed by atoms with Crippen LogP contribution in [-0.4, -0.2) is 24.2 Å². The van der Waals surface area contributed by atoms with Crippen LogP contribution < -0.4 is 5.32 Å². The third-order valence-electron chi connectivity index (χ3n) is 3.59. The Morgan fingerprint density at radius 2 is 2.44 bits per heavy atom. The lowest BCUT2D eigenvalue weighted by atomic mass is 9.98. The summed E-state index contributed by atoms with van der Waals surface area (Å²) >= 11 is 0. The van der Waals surface area contributed by atoms with Crippen LogP contribution in [-0.2, 0) is 4.74 Å². The van der Waals surface area contributed by atoms with Gasteiger partial charge in [0.25, 0.3) is 0 Å². The molecule has 0 aliphatic carbocycles. The van der Waals surface area contributed by atoms with E-state index in [0.717, 1.165) is 26.0 Å². The Bertz CT molecular complexity index is 323. The topological polar surface area (TPSA) is 34.1 Å². The van der Waals surface area contributed by atoms with Gasteiger partial charge >= 0.3 is 0 Å². The number of hydrogen-bond donors (Lipinski definition) is 1. The molecule has 0 aromatic carbocycles. The van der Waals surface area contributed by atoms with Crippen LogP contribution >= 0.6 is 0 Å². The van der Waals surface area contributed by atoms with Gasteiger partial charge in [0.1, 0.15) is 0 Å². The van der Waals surface area contributed by atoms with E-state index < -0.39 is 0 Å². The molecule has 1 aliphatic rings. The van der Waals surface area contributed by atoms with E-state index in [1.54, 1.807) is 0 Å². The number of ether oxygens (including phenoxy) is 1. The second kappa shape index (κ2) is 7.49. The SMILES string of the molecule is CCNC(CCC1CCCCO1)c1cccnc1. The molecule has 1 aromatic heterocycles. The highest BCUT2D eigenvalue weighted by atomic mass is 16.5. The second-order valence-corrected chi connectivity index (χ2v) is 4.96. The molecule has 0 radical (unpaired) electrons. The van der Waals surface area contributed by atoms with E-state index in [1.165, 1.54) is 24.8 Å². The van der Waals surface area contributed by atoms with Crippen LogP contribution in [0.3, 0.4) is 0 Å². The van der Waals surface area contributed by atoms with Gasteiger partial charge in [-0.15, -0.1) is 0 Å². The van der Waals surface area contributed by atoms with E-state index in [2.05, 4.69) is 23.3 Å². The average molecular weight is 248 g/mol. The van der Waals surface area contributed by atoms with Crippen molar-refractivity contribution < 1.29 is 4.74 Å². The lowest BCUT2D eigenvalue weighted by Gasteiger charge is -2.25. The minimum atomic E-state index is 0.411. The van der Waals surface area contributed by atoms with Gasteiger partial charge in [0.2, 0.25) is 0 Å². The Balaban J connectivity index is 1.86. The smallest absolute Gasteiger partial charge is 0.0575 e. The fourth-order valence-corrected chi connectivity index (χ4v) is 2.60. The molecular weight excluding hydrogens is 224 g/mol. The van der Waals surface area contributed by atoms with E-state index in [0.29, 0.717) is 12.1 Å². The highest BCUT2D eigenvalue weighted by molar-refractivity contribution is 5.13. The van der Waals surface area contributed by atoms with Gasteiger partial charge in [-0.1, -0.05) is 13.0 Å². The van der Waals surface area contributed by atoms with Crippen LogP contribution in [0.1, 0.15) is 50.6 Å². The quantitative estimate of drug-likeness (QED) is 0.840. The zero-order chi connectivity index (χ0) is 12.6. The molecule has 100 valence electrons. The molecule has 1 aliphatic heterocycles. The van der Waals surface area contributed by atoms with Crippen molar-refractivity contribution in [2.45, 2.75) is 51.2 Å². The summed E-state index contributed by atoms with van der Waals surface area (Å²) in [6.45, 7) is 4.09. The molecule has 3 heteroatoms. The lowest BCUT2D eigenvalue weighted by Crippen LogP contribution is -2.25. The van der Waals surface area contributed by atoms with Gasteiger partial charge in [-0.25, -0.2) is 0 Å². The monoisotopic (exact) mass is 248 g/mol. The highest BCUT2D eigenvalue weighted by Crippen LogP contribution is 2.23. The third-order valence-corrected chi connectivity index (χ3v) is 3.59. The lowest BCUT2D eigenvalue weighted by molar-refractivity contribution is 0.00856. The standard InChI is InChI=1S/C15H24N2O/c1-2-17-15(13-6-5-10-16-12-13)9-8-14-7-3-4-11-18-14/h5-6,10,12,14-15,17H,2-4,7-9,11H2,1H3. The van der Waals surface area contributed by atoms with Gasteiger partial charge in [0.05, 0.1) is 6.10 Å². The summed E-state index contributed by atoms with van der Waals surface area (Å²) in [6.07, 6.45) is 10.3. The number of hydrogen-bond acceptors (Lipinski definition) is 3. The first-order valence-electron chi connectivity index (χ1n) is 7.15. The summed E-state index contributed by atoms with van der Waals surface area (Å²) in [5.74, 6) is 0. The summed E-state index contributed by atoms with van der Waals surface area (Å²) in [5, 5.41) is 3.54. The predicted octanol–water partition coefficient (Wildman–Crippen LogP) is 3.08. The average Bonchev–Trinajstić information content (AvgIpc) is 2.45. The molecule has 0 saturated carbocycles. The largest absolute Gasteiger partial charge is 0.378 e. The maximum atomic E-state index is 5.80. The fraction of sp³-hybridized carbons (Fsp3) is 0.667. The zero-order valence-electron chi connectivity index (χ0n) is 11.3. The van der Waals surface area contributed by atoms with E-state index in [9.17, 15) is 0 Å². The van der Waals surface area contributed by atoms with Crippen LogP contribution in [0.2, 0.25) is 0 Å². The molecule has 2 unspecified atom stereocenters. The van der Waals surface area contributed by atoms with Crippen LogP contribution in [0.15, 0.2) is 24.5 Å². The van der Waals surface area contributed by atoms with E-state index in [1.807, 2.05) is 18.5 Å². The number of pyridine rings is 1. The highest BCUT2D eigenvalue weighted by Gasteiger charge is 2.17. The van der Waals surface area contributed by atoms with Gasteiger partial charge < -0.3 is 10.1 Å². The van der Waals surface area contributed by atoms with Gasteiger partial charge in [-0.3, -0.25) is 4.98 Å². The van der Waals surface area contributed by atoms with Crippen LogP contribution in [0.25, 0.3) is 0 Å². The summed E-state index contributed by atoms with van der Waals surface area (Å²) in [6, 6.07) is 4.58. The Morgan fingerprint density at radius 1 is 1.50 bits per heavy atom. The molecule has 2 atom stereocenters. The summed E-state index contributed by atoms with van der Waals surface area (Å²) in [7, 11) is 0. The summed E-state index contributed by atoms with van der Waals surface area (Å²) in [4.78, 5) is 4.21. The summed E-state index contributed by atoms with van der Waals surface area (Å²) in [5.41, 5.74) is 1.29. The first-order chi connectivity index (χ1) is 8.90. The fourth-order valence-electron chi connectivity index (χ4n) is 2.60. The maximum absolute atomic E-state index is 5.80. The molecule has 0 bridgehead atoms. The summed E-state index contributed by atoms with van der Waals surface area (Å²) < 4.78 is 5.80. The molecule has 0 amide bonds. The van der Waals surface area contributed by atoms with Crippen molar-refractivity contribution in [2.24, 2.45) is 0 Å².